The van der Waals surface area contributed by atoms with Crippen LogP contribution in [0.4, 0.5) is 13.2 Å². The molecule has 0 bridgehead atoms. The molecular formula is C13H18F3NO. The highest BCUT2D eigenvalue weighted by Crippen LogP contribution is 2.31. The van der Waals surface area contributed by atoms with E-state index in [1.165, 1.54) is 12.1 Å². The summed E-state index contributed by atoms with van der Waals surface area (Å²) in [6.07, 6.45) is -4.32. The van der Waals surface area contributed by atoms with Gasteiger partial charge in [0.1, 0.15) is 12.4 Å². The van der Waals surface area contributed by atoms with E-state index in [0.29, 0.717) is 13.2 Å². The summed E-state index contributed by atoms with van der Waals surface area (Å²) in [6.45, 7) is 6.98. The fourth-order valence-corrected chi connectivity index (χ4v) is 1.59. The van der Waals surface area contributed by atoms with Crippen molar-refractivity contribution in [2.45, 2.75) is 20.0 Å². The molecule has 0 aliphatic carbocycles. The molecule has 0 unspecified atom stereocenters. The Kier molecular flexibility index (Phi) is 5.47. The predicted molar refractivity (Wildman–Crippen MR) is 64.7 cm³/mol. The van der Waals surface area contributed by atoms with Crippen LogP contribution in [0.1, 0.15) is 19.4 Å². The third-order valence-electron chi connectivity index (χ3n) is 2.73. The van der Waals surface area contributed by atoms with Crippen molar-refractivity contribution in [1.29, 1.82) is 0 Å². The molecule has 0 aliphatic heterocycles. The van der Waals surface area contributed by atoms with Crippen LogP contribution in [-0.2, 0) is 6.18 Å². The Labute approximate surface area is 105 Å². The van der Waals surface area contributed by atoms with Gasteiger partial charge in [-0.1, -0.05) is 19.9 Å². The van der Waals surface area contributed by atoms with Crippen LogP contribution >= 0.6 is 0 Å². The molecule has 1 rings (SSSR count). The Hall–Kier alpha value is -1.23. The fraction of sp³-hybridized carbons (Fsp3) is 0.538. The fourth-order valence-electron chi connectivity index (χ4n) is 1.59. The number of likely N-dealkylation sites (N-methyl/N-ethyl adjacent to an activating group) is 1. The molecular weight excluding hydrogens is 243 g/mol. The van der Waals surface area contributed by atoms with Gasteiger partial charge in [0.05, 0.1) is 5.56 Å². The molecule has 5 heteroatoms. The molecule has 0 amide bonds. The molecule has 0 aromatic heterocycles. The summed E-state index contributed by atoms with van der Waals surface area (Å²) in [6, 6.07) is 4.96. The van der Waals surface area contributed by atoms with Crippen LogP contribution in [0.25, 0.3) is 0 Å². The number of hydrogen-bond donors (Lipinski definition) is 0. The summed E-state index contributed by atoms with van der Waals surface area (Å²) in [5.74, 6) is 0.261. The van der Waals surface area contributed by atoms with Crippen LogP contribution < -0.4 is 4.74 Å². The van der Waals surface area contributed by atoms with Crippen LogP contribution in [0.15, 0.2) is 24.3 Å². The van der Waals surface area contributed by atoms with Gasteiger partial charge >= 0.3 is 6.18 Å². The highest BCUT2D eigenvalue weighted by Gasteiger charge is 2.30. The van der Waals surface area contributed by atoms with E-state index in [9.17, 15) is 13.2 Å². The maximum Gasteiger partial charge on any atom is 0.416 e. The third kappa shape index (κ3) is 4.56. The van der Waals surface area contributed by atoms with Crippen molar-refractivity contribution in [3.63, 3.8) is 0 Å². The van der Waals surface area contributed by atoms with Crippen LogP contribution in [-0.4, -0.2) is 31.1 Å². The Morgan fingerprint density at radius 3 is 2.39 bits per heavy atom. The molecule has 0 atom stereocenters. The first-order chi connectivity index (χ1) is 8.47. The normalized spacial score (nSPS) is 11.9. The van der Waals surface area contributed by atoms with E-state index in [2.05, 4.69) is 4.90 Å². The molecule has 102 valence electrons. The molecule has 0 fully saturated rings. The Morgan fingerprint density at radius 2 is 1.83 bits per heavy atom. The number of halogens is 3. The second-order valence-corrected chi connectivity index (χ2v) is 3.90. The number of ether oxygens (including phenoxy) is 1. The van der Waals surface area contributed by atoms with Crippen molar-refractivity contribution >= 4 is 0 Å². The molecule has 0 saturated heterocycles. The van der Waals surface area contributed by atoms with Crippen LogP contribution in [0.5, 0.6) is 5.75 Å². The van der Waals surface area contributed by atoms with Crippen molar-refractivity contribution in [2.24, 2.45) is 0 Å². The minimum Gasteiger partial charge on any atom is -0.492 e. The molecule has 2 nitrogen and oxygen atoms in total. The highest BCUT2D eigenvalue weighted by molar-refractivity contribution is 5.30. The summed E-state index contributed by atoms with van der Waals surface area (Å²) < 4.78 is 42.7. The molecule has 0 aliphatic rings. The lowest BCUT2D eigenvalue weighted by Crippen LogP contribution is -2.27. The summed E-state index contributed by atoms with van der Waals surface area (Å²) in [5.41, 5.74) is -0.678. The van der Waals surface area contributed by atoms with Gasteiger partial charge in [-0.25, -0.2) is 0 Å². The van der Waals surface area contributed by atoms with Gasteiger partial charge in [-0.15, -0.1) is 0 Å². The quantitative estimate of drug-likeness (QED) is 0.778. The third-order valence-corrected chi connectivity index (χ3v) is 2.73. The van der Waals surface area contributed by atoms with Crippen LogP contribution in [0.3, 0.4) is 0 Å². The number of benzene rings is 1. The summed E-state index contributed by atoms with van der Waals surface area (Å²) in [5, 5.41) is 0. The lowest BCUT2D eigenvalue weighted by molar-refractivity contribution is -0.137. The second kappa shape index (κ2) is 6.64. The van der Waals surface area contributed by atoms with Gasteiger partial charge in [-0.2, -0.15) is 13.2 Å². The molecule has 18 heavy (non-hydrogen) atoms. The van der Waals surface area contributed by atoms with Gasteiger partial charge in [0.2, 0.25) is 0 Å². The smallest absolute Gasteiger partial charge is 0.416 e. The minimum absolute atomic E-state index is 0.261. The van der Waals surface area contributed by atoms with E-state index in [-0.39, 0.29) is 5.75 Å². The Bertz CT molecular complexity index is 361. The lowest BCUT2D eigenvalue weighted by Gasteiger charge is -2.18. The second-order valence-electron chi connectivity index (χ2n) is 3.90. The Balaban J connectivity index is 2.53. The zero-order valence-electron chi connectivity index (χ0n) is 10.6. The Morgan fingerprint density at radius 1 is 1.17 bits per heavy atom. The van der Waals surface area contributed by atoms with Gasteiger partial charge in [-0.05, 0) is 31.3 Å². The zero-order chi connectivity index (χ0) is 13.6. The van der Waals surface area contributed by atoms with E-state index < -0.39 is 11.7 Å². The summed E-state index contributed by atoms with van der Waals surface area (Å²) in [7, 11) is 0. The highest BCUT2D eigenvalue weighted by atomic mass is 19.4. The summed E-state index contributed by atoms with van der Waals surface area (Å²) in [4.78, 5) is 2.15. The molecule has 0 spiro atoms. The largest absolute Gasteiger partial charge is 0.492 e. The van der Waals surface area contributed by atoms with E-state index in [0.717, 1.165) is 25.2 Å². The first-order valence-corrected chi connectivity index (χ1v) is 5.99. The molecule has 0 N–H and O–H groups in total. The van der Waals surface area contributed by atoms with Crippen LogP contribution in [0.2, 0.25) is 0 Å². The van der Waals surface area contributed by atoms with Gasteiger partial charge < -0.3 is 9.64 Å². The van der Waals surface area contributed by atoms with Gasteiger partial charge in [0, 0.05) is 6.54 Å². The first kappa shape index (κ1) is 14.8. The standard InChI is InChI=1S/C13H18F3NO/c1-3-17(4-2)8-9-18-12-7-5-6-11(10-12)13(14,15)16/h5-7,10H,3-4,8-9H2,1-2H3. The van der Waals surface area contributed by atoms with E-state index >= 15 is 0 Å². The van der Waals surface area contributed by atoms with E-state index in [1.807, 2.05) is 13.8 Å². The number of alkyl halides is 3. The average molecular weight is 261 g/mol. The summed E-state index contributed by atoms with van der Waals surface area (Å²) >= 11 is 0. The average Bonchev–Trinajstić information content (AvgIpc) is 2.34. The number of nitrogens with zero attached hydrogens (tertiary/aromatic N) is 1. The molecule has 0 radical (unpaired) electrons. The van der Waals surface area contributed by atoms with Gasteiger partial charge in [-0.3, -0.25) is 0 Å². The predicted octanol–water partition coefficient (Wildman–Crippen LogP) is 3.43. The minimum atomic E-state index is -4.32. The van der Waals surface area contributed by atoms with Crippen LogP contribution in [0, 0.1) is 0 Å². The van der Waals surface area contributed by atoms with Crippen molar-refractivity contribution < 1.29 is 17.9 Å². The SMILES string of the molecule is CCN(CC)CCOc1cccc(C(F)(F)F)c1. The number of hydrogen-bond acceptors (Lipinski definition) is 2. The maximum absolute atomic E-state index is 12.5. The van der Waals surface area contributed by atoms with Crippen molar-refractivity contribution in [3.05, 3.63) is 29.8 Å². The van der Waals surface area contributed by atoms with Crippen molar-refractivity contribution in [1.82, 2.24) is 4.90 Å². The molecule has 0 saturated carbocycles. The molecule has 1 aromatic rings. The molecule has 0 heterocycles. The first-order valence-electron chi connectivity index (χ1n) is 5.99. The monoisotopic (exact) mass is 261 g/mol. The van der Waals surface area contributed by atoms with E-state index in [1.54, 1.807) is 0 Å². The maximum atomic E-state index is 12.5. The van der Waals surface area contributed by atoms with E-state index in [4.69, 9.17) is 4.74 Å². The van der Waals surface area contributed by atoms with Gasteiger partial charge in [0.15, 0.2) is 0 Å². The van der Waals surface area contributed by atoms with Crippen molar-refractivity contribution in [2.75, 3.05) is 26.2 Å². The number of rotatable bonds is 6. The lowest BCUT2D eigenvalue weighted by atomic mass is 10.2. The molecule has 1 aromatic carbocycles. The topological polar surface area (TPSA) is 12.5 Å². The van der Waals surface area contributed by atoms with Crippen molar-refractivity contribution in [3.8, 4) is 5.75 Å². The zero-order valence-corrected chi connectivity index (χ0v) is 10.6. The van der Waals surface area contributed by atoms with Gasteiger partial charge in [0.25, 0.3) is 0 Å².